The van der Waals surface area contributed by atoms with Crippen LogP contribution in [0.4, 0.5) is 0 Å². The molecular weight excluding hydrogens is 130 g/mol. The molecule has 0 spiro atoms. The number of carbonyl (C=O) groups excluding carboxylic acids is 1. The number of primary amides is 1. The van der Waals surface area contributed by atoms with Gasteiger partial charge in [-0.3, -0.25) is 4.79 Å². The summed E-state index contributed by atoms with van der Waals surface area (Å²) in [6.45, 7) is 0.251. The van der Waals surface area contributed by atoms with E-state index in [2.05, 4.69) is 0 Å². The lowest BCUT2D eigenvalue weighted by Gasteiger charge is -1.86. The van der Waals surface area contributed by atoms with E-state index in [1.54, 1.807) is 17.1 Å². The Balaban J connectivity index is 2.67. The average Bonchev–Trinajstić information content (AvgIpc) is 2.13. The van der Waals surface area contributed by atoms with Gasteiger partial charge in [-0.05, 0) is 0 Å². The molecule has 0 aliphatic carbocycles. The van der Waals surface area contributed by atoms with Crippen LogP contribution in [0.3, 0.4) is 0 Å². The van der Waals surface area contributed by atoms with Crippen LogP contribution in [0.2, 0.25) is 0 Å². The van der Waals surface area contributed by atoms with Crippen LogP contribution in [0.5, 0.6) is 0 Å². The van der Waals surface area contributed by atoms with Crippen LogP contribution in [-0.4, -0.2) is 10.5 Å². The predicted octanol–water partition coefficient (Wildman–Crippen LogP) is -1.20. The summed E-state index contributed by atoms with van der Waals surface area (Å²) in [5, 5.41) is 0. The highest BCUT2D eigenvalue weighted by atomic mass is 16.1. The molecule has 0 atom stereocenters. The van der Waals surface area contributed by atoms with Crippen molar-refractivity contribution >= 4 is 5.91 Å². The SMILES string of the molecule is C[n+]1ccn(CC(N)=O)c1. The summed E-state index contributed by atoms with van der Waals surface area (Å²) in [7, 11) is 1.89. The molecule has 1 heterocycles. The van der Waals surface area contributed by atoms with Crippen molar-refractivity contribution < 1.29 is 9.36 Å². The van der Waals surface area contributed by atoms with Crippen LogP contribution >= 0.6 is 0 Å². The highest BCUT2D eigenvalue weighted by Gasteiger charge is 2.01. The van der Waals surface area contributed by atoms with Crippen molar-refractivity contribution in [1.82, 2.24) is 4.57 Å². The first-order valence-electron chi connectivity index (χ1n) is 2.98. The molecule has 0 saturated carbocycles. The number of nitrogens with zero attached hydrogens (tertiary/aromatic N) is 2. The van der Waals surface area contributed by atoms with Crippen molar-refractivity contribution in [2.24, 2.45) is 12.8 Å². The topological polar surface area (TPSA) is 51.9 Å². The number of nitrogens with two attached hydrogens (primary N) is 1. The van der Waals surface area contributed by atoms with Gasteiger partial charge in [0, 0.05) is 0 Å². The Kier molecular flexibility index (Phi) is 1.71. The van der Waals surface area contributed by atoms with Gasteiger partial charge in [0.1, 0.15) is 12.4 Å². The molecule has 0 aliphatic heterocycles. The lowest BCUT2D eigenvalue weighted by Crippen LogP contribution is -2.25. The second-order valence-electron chi connectivity index (χ2n) is 2.22. The molecule has 0 fully saturated rings. The number of amides is 1. The van der Waals surface area contributed by atoms with E-state index in [1.807, 2.05) is 17.8 Å². The Hall–Kier alpha value is -1.32. The number of rotatable bonds is 2. The minimum atomic E-state index is -0.323. The van der Waals surface area contributed by atoms with Crippen LogP contribution in [-0.2, 0) is 18.4 Å². The third kappa shape index (κ3) is 1.58. The van der Waals surface area contributed by atoms with Gasteiger partial charge in [-0.2, -0.15) is 0 Å². The molecule has 0 unspecified atom stereocenters. The molecule has 0 aliphatic rings. The quantitative estimate of drug-likeness (QED) is 0.515. The van der Waals surface area contributed by atoms with E-state index >= 15 is 0 Å². The Morgan fingerprint density at radius 1 is 1.80 bits per heavy atom. The number of aromatic nitrogens is 2. The minimum absolute atomic E-state index is 0.251. The van der Waals surface area contributed by atoms with E-state index < -0.39 is 0 Å². The molecule has 10 heavy (non-hydrogen) atoms. The summed E-state index contributed by atoms with van der Waals surface area (Å²) in [6, 6.07) is 0. The number of hydrogen-bond donors (Lipinski definition) is 1. The van der Waals surface area contributed by atoms with Gasteiger partial charge >= 0.3 is 0 Å². The highest BCUT2D eigenvalue weighted by Crippen LogP contribution is 1.80. The lowest BCUT2D eigenvalue weighted by molar-refractivity contribution is -0.671. The maximum atomic E-state index is 10.4. The van der Waals surface area contributed by atoms with E-state index in [0.717, 1.165) is 0 Å². The van der Waals surface area contributed by atoms with Crippen LogP contribution in [0.25, 0.3) is 0 Å². The van der Waals surface area contributed by atoms with Gasteiger partial charge in [0.25, 0.3) is 5.91 Å². The first-order valence-corrected chi connectivity index (χ1v) is 2.98. The van der Waals surface area contributed by atoms with E-state index in [9.17, 15) is 4.79 Å². The van der Waals surface area contributed by atoms with E-state index in [0.29, 0.717) is 0 Å². The summed E-state index contributed by atoms with van der Waals surface area (Å²) >= 11 is 0. The third-order valence-corrected chi connectivity index (χ3v) is 1.16. The number of carbonyl (C=O) groups is 1. The lowest BCUT2D eigenvalue weighted by atomic mass is 10.6. The molecule has 0 radical (unpaired) electrons. The van der Waals surface area contributed by atoms with Gasteiger partial charge in [-0.1, -0.05) is 0 Å². The minimum Gasteiger partial charge on any atom is -0.366 e. The van der Waals surface area contributed by atoms with Crippen molar-refractivity contribution in [3.8, 4) is 0 Å². The van der Waals surface area contributed by atoms with Gasteiger partial charge in [0.15, 0.2) is 6.54 Å². The molecular formula is C6H10N3O+. The average molecular weight is 140 g/mol. The van der Waals surface area contributed by atoms with Crippen molar-refractivity contribution in [3.05, 3.63) is 18.7 Å². The Labute approximate surface area is 58.9 Å². The maximum Gasteiger partial charge on any atom is 0.259 e. The van der Waals surface area contributed by atoms with Gasteiger partial charge in [0.05, 0.1) is 7.05 Å². The van der Waals surface area contributed by atoms with Crippen molar-refractivity contribution in [2.45, 2.75) is 6.54 Å². The Bertz CT molecular complexity index is 241. The zero-order chi connectivity index (χ0) is 7.56. The molecule has 4 heteroatoms. The fourth-order valence-electron chi connectivity index (χ4n) is 0.775. The van der Waals surface area contributed by atoms with Gasteiger partial charge in [0.2, 0.25) is 6.33 Å². The number of hydrogen-bond acceptors (Lipinski definition) is 1. The zero-order valence-electron chi connectivity index (χ0n) is 5.82. The molecule has 2 N–H and O–H groups in total. The fraction of sp³-hybridized carbons (Fsp3) is 0.333. The van der Waals surface area contributed by atoms with E-state index in [4.69, 9.17) is 5.73 Å². The second kappa shape index (κ2) is 2.51. The summed E-state index contributed by atoms with van der Waals surface area (Å²) in [4.78, 5) is 10.4. The van der Waals surface area contributed by atoms with Crippen LogP contribution in [0.15, 0.2) is 18.7 Å². The van der Waals surface area contributed by atoms with E-state index in [1.165, 1.54) is 0 Å². The first kappa shape index (κ1) is 6.80. The molecule has 1 aromatic heterocycles. The highest BCUT2D eigenvalue weighted by molar-refractivity contribution is 5.73. The van der Waals surface area contributed by atoms with Crippen molar-refractivity contribution in [1.29, 1.82) is 0 Å². The van der Waals surface area contributed by atoms with Crippen molar-refractivity contribution in [2.75, 3.05) is 0 Å². The molecule has 0 saturated heterocycles. The number of imidazole rings is 1. The molecule has 1 aromatic rings. The van der Waals surface area contributed by atoms with Crippen LogP contribution in [0.1, 0.15) is 0 Å². The maximum absolute atomic E-state index is 10.4. The Morgan fingerprint density at radius 2 is 2.50 bits per heavy atom. The fourth-order valence-corrected chi connectivity index (χ4v) is 0.775. The van der Waals surface area contributed by atoms with Crippen molar-refractivity contribution in [3.63, 3.8) is 0 Å². The van der Waals surface area contributed by atoms with Crippen LogP contribution in [0, 0.1) is 0 Å². The third-order valence-electron chi connectivity index (χ3n) is 1.16. The first-order chi connectivity index (χ1) is 4.68. The summed E-state index contributed by atoms with van der Waals surface area (Å²) in [6.07, 6.45) is 5.44. The molecule has 4 nitrogen and oxygen atoms in total. The monoisotopic (exact) mass is 140 g/mol. The summed E-state index contributed by atoms with van der Waals surface area (Å²) in [5.74, 6) is -0.323. The van der Waals surface area contributed by atoms with Gasteiger partial charge < -0.3 is 5.73 Å². The van der Waals surface area contributed by atoms with Gasteiger partial charge in [-0.15, -0.1) is 0 Å². The largest absolute Gasteiger partial charge is 0.366 e. The molecule has 0 aromatic carbocycles. The van der Waals surface area contributed by atoms with Gasteiger partial charge in [-0.25, -0.2) is 9.13 Å². The van der Waals surface area contributed by atoms with Crippen LogP contribution < -0.4 is 10.3 Å². The summed E-state index contributed by atoms with van der Waals surface area (Å²) < 4.78 is 3.57. The van der Waals surface area contributed by atoms with E-state index in [-0.39, 0.29) is 12.5 Å². The molecule has 1 rings (SSSR count). The molecule has 1 amide bonds. The zero-order valence-corrected chi connectivity index (χ0v) is 5.82. The smallest absolute Gasteiger partial charge is 0.259 e. The molecule has 54 valence electrons. The molecule has 0 bridgehead atoms. The standard InChI is InChI=1S/C6H9N3O/c1-8-2-3-9(5-8)4-6(7)10/h2-3,5H,4H2,1H3,(H-,7,10)/p+1. The predicted molar refractivity (Wildman–Crippen MR) is 34.8 cm³/mol. The Morgan fingerprint density at radius 3 is 2.90 bits per heavy atom. The number of aryl methyl sites for hydroxylation is 1. The summed E-state index contributed by atoms with van der Waals surface area (Å²) in [5.41, 5.74) is 4.96. The second-order valence-corrected chi connectivity index (χ2v) is 2.22. The normalized spacial score (nSPS) is 9.70.